The summed E-state index contributed by atoms with van der Waals surface area (Å²) in [4.78, 5) is 0. The Morgan fingerprint density at radius 3 is 3.06 bits per heavy atom. The summed E-state index contributed by atoms with van der Waals surface area (Å²) in [5, 5.41) is 0. The van der Waals surface area contributed by atoms with Crippen LogP contribution in [0.4, 0.5) is 0 Å². The summed E-state index contributed by atoms with van der Waals surface area (Å²) in [6.45, 7) is 3.79. The van der Waals surface area contributed by atoms with Gasteiger partial charge in [0.2, 0.25) is 0 Å². The van der Waals surface area contributed by atoms with Crippen molar-refractivity contribution in [1.82, 2.24) is 0 Å². The SMILES string of the molecule is Cc1cc(OCCCC2CCCO2)ccc1Br. The molecule has 1 aromatic carbocycles. The fourth-order valence-corrected chi connectivity index (χ4v) is 2.33. The van der Waals surface area contributed by atoms with E-state index >= 15 is 0 Å². The highest BCUT2D eigenvalue weighted by Crippen LogP contribution is 2.22. The maximum Gasteiger partial charge on any atom is 0.119 e. The van der Waals surface area contributed by atoms with Crippen LogP contribution in [0.5, 0.6) is 5.75 Å². The van der Waals surface area contributed by atoms with Gasteiger partial charge in [-0.2, -0.15) is 0 Å². The quantitative estimate of drug-likeness (QED) is 0.762. The molecule has 1 fully saturated rings. The van der Waals surface area contributed by atoms with Gasteiger partial charge in [-0.3, -0.25) is 0 Å². The molecule has 1 aliphatic rings. The van der Waals surface area contributed by atoms with E-state index in [1.807, 2.05) is 12.1 Å². The summed E-state index contributed by atoms with van der Waals surface area (Å²) < 4.78 is 12.4. The second-order valence-electron chi connectivity index (χ2n) is 4.54. The molecule has 17 heavy (non-hydrogen) atoms. The molecule has 3 heteroatoms. The van der Waals surface area contributed by atoms with Gasteiger partial charge in [-0.05, 0) is 56.4 Å². The van der Waals surface area contributed by atoms with E-state index in [0.29, 0.717) is 6.10 Å². The zero-order valence-electron chi connectivity index (χ0n) is 10.2. The first kappa shape index (κ1) is 12.9. The van der Waals surface area contributed by atoms with E-state index in [4.69, 9.17) is 9.47 Å². The maximum absolute atomic E-state index is 5.73. The highest BCUT2D eigenvalue weighted by molar-refractivity contribution is 9.10. The van der Waals surface area contributed by atoms with Gasteiger partial charge in [-0.25, -0.2) is 0 Å². The molecular weight excluding hydrogens is 280 g/mol. The van der Waals surface area contributed by atoms with Crippen molar-refractivity contribution in [2.24, 2.45) is 0 Å². The number of aryl methyl sites for hydroxylation is 1. The zero-order valence-corrected chi connectivity index (χ0v) is 11.8. The second kappa shape index (κ2) is 6.41. The van der Waals surface area contributed by atoms with Crippen LogP contribution in [0.3, 0.4) is 0 Å². The average molecular weight is 299 g/mol. The summed E-state index contributed by atoms with van der Waals surface area (Å²) in [5.74, 6) is 0.957. The summed E-state index contributed by atoms with van der Waals surface area (Å²) >= 11 is 3.48. The summed E-state index contributed by atoms with van der Waals surface area (Å²) in [6, 6.07) is 6.10. The number of rotatable bonds is 5. The van der Waals surface area contributed by atoms with Crippen LogP contribution in [0.25, 0.3) is 0 Å². The van der Waals surface area contributed by atoms with Crippen LogP contribution in [-0.2, 0) is 4.74 Å². The Kier molecular flexibility index (Phi) is 4.86. The van der Waals surface area contributed by atoms with Gasteiger partial charge in [-0.15, -0.1) is 0 Å². The Balaban J connectivity index is 1.68. The highest BCUT2D eigenvalue weighted by Gasteiger charge is 2.14. The van der Waals surface area contributed by atoms with Gasteiger partial charge in [0, 0.05) is 11.1 Å². The van der Waals surface area contributed by atoms with Crippen molar-refractivity contribution in [1.29, 1.82) is 0 Å². The molecule has 0 amide bonds. The Hall–Kier alpha value is -0.540. The van der Waals surface area contributed by atoms with E-state index in [1.54, 1.807) is 0 Å². The zero-order chi connectivity index (χ0) is 12.1. The summed E-state index contributed by atoms with van der Waals surface area (Å²) in [6.07, 6.45) is 5.11. The molecule has 1 unspecified atom stereocenters. The van der Waals surface area contributed by atoms with E-state index in [2.05, 4.69) is 28.9 Å². The second-order valence-corrected chi connectivity index (χ2v) is 5.39. The Labute approximate surface area is 111 Å². The molecule has 1 aliphatic heterocycles. The van der Waals surface area contributed by atoms with Crippen molar-refractivity contribution < 1.29 is 9.47 Å². The van der Waals surface area contributed by atoms with E-state index < -0.39 is 0 Å². The van der Waals surface area contributed by atoms with Gasteiger partial charge in [0.1, 0.15) is 5.75 Å². The van der Waals surface area contributed by atoms with E-state index in [1.165, 1.54) is 18.4 Å². The lowest BCUT2D eigenvalue weighted by atomic mass is 10.1. The maximum atomic E-state index is 5.73. The summed E-state index contributed by atoms with van der Waals surface area (Å²) in [7, 11) is 0. The highest BCUT2D eigenvalue weighted by atomic mass is 79.9. The van der Waals surface area contributed by atoms with Gasteiger partial charge in [-0.1, -0.05) is 15.9 Å². The molecule has 2 rings (SSSR count). The predicted octanol–water partition coefficient (Wildman–Crippen LogP) is 4.10. The van der Waals surface area contributed by atoms with Gasteiger partial charge >= 0.3 is 0 Å². The average Bonchev–Trinajstić information content (AvgIpc) is 2.82. The van der Waals surface area contributed by atoms with Crippen molar-refractivity contribution in [3.8, 4) is 5.75 Å². The molecule has 1 atom stereocenters. The van der Waals surface area contributed by atoms with Crippen molar-refractivity contribution in [2.75, 3.05) is 13.2 Å². The van der Waals surface area contributed by atoms with Crippen molar-refractivity contribution in [3.63, 3.8) is 0 Å². The number of benzene rings is 1. The van der Waals surface area contributed by atoms with E-state index in [-0.39, 0.29) is 0 Å². The molecule has 0 aliphatic carbocycles. The van der Waals surface area contributed by atoms with Crippen LogP contribution in [0.15, 0.2) is 22.7 Å². The Bertz CT molecular complexity index is 359. The van der Waals surface area contributed by atoms with Crippen LogP contribution >= 0.6 is 15.9 Å². The third-order valence-electron chi connectivity index (χ3n) is 3.09. The van der Waals surface area contributed by atoms with Crippen molar-refractivity contribution in [2.45, 2.75) is 38.7 Å². The normalized spacial score (nSPS) is 19.5. The molecule has 2 nitrogen and oxygen atoms in total. The predicted molar refractivity (Wildman–Crippen MR) is 72.6 cm³/mol. The van der Waals surface area contributed by atoms with E-state index in [9.17, 15) is 0 Å². The first-order valence-electron chi connectivity index (χ1n) is 6.26. The van der Waals surface area contributed by atoms with Gasteiger partial charge in [0.25, 0.3) is 0 Å². The third kappa shape index (κ3) is 4.00. The standard InChI is InChI=1S/C14H19BrO2/c1-11-10-13(6-7-14(11)15)17-9-3-5-12-4-2-8-16-12/h6-7,10,12H,2-5,8-9H2,1H3. The molecular formula is C14H19BrO2. The lowest BCUT2D eigenvalue weighted by Gasteiger charge is -2.10. The number of halogens is 1. The topological polar surface area (TPSA) is 18.5 Å². The monoisotopic (exact) mass is 298 g/mol. The minimum Gasteiger partial charge on any atom is -0.494 e. The third-order valence-corrected chi connectivity index (χ3v) is 3.98. The fraction of sp³-hybridized carbons (Fsp3) is 0.571. The van der Waals surface area contributed by atoms with Gasteiger partial charge in [0.15, 0.2) is 0 Å². The molecule has 0 bridgehead atoms. The Morgan fingerprint density at radius 2 is 2.35 bits per heavy atom. The lowest BCUT2D eigenvalue weighted by Crippen LogP contribution is -2.07. The molecule has 0 N–H and O–H groups in total. The first-order valence-corrected chi connectivity index (χ1v) is 7.05. The molecule has 94 valence electrons. The molecule has 1 aromatic rings. The molecule has 0 spiro atoms. The molecule has 1 heterocycles. The minimum absolute atomic E-state index is 0.477. The smallest absolute Gasteiger partial charge is 0.119 e. The van der Waals surface area contributed by atoms with Crippen LogP contribution in [0.1, 0.15) is 31.2 Å². The van der Waals surface area contributed by atoms with Crippen LogP contribution in [0.2, 0.25) is 0 Å². The minimum atomic E-state index is 0.477. The first-order chi connectivity index (χ1) is 8.25. The number of hydrogen-bond donors (Lipinski definition) is 0. The molecule has 0 aromatic heterocycles. The molecule has 1 saturated heterocycles. The lowest BCUT2D eigenvalue weighted by molar-refractivity contribution is 0.0981. The van der Waals surface area contributed by atoms with Crippen molar-refractivity contribution >= 4 is 15.9 Å². The molecule has 0 radical (unpaired) electrons. The van der Waals surface area contributed by atoms with Gasteiger partial charge in [0.05, 0.1) is 12.7 Å². The fourth-order valence-electron chi connectivity index (χ4n) is 2.08. The van der Waals surface area contributed by atoms with Crippen molar-refractivity contribution in [3.05, 3.63) is 28.2 Å². The largest absolute Gasteiger partial charge is 0.494 e. The van der Waals surface area contributed by atoms with Crippen LogP contribution < -0.4 is 4.74 Å². The molecule has 0 saturated carbocycles. The van der Waals surface area contributed by atoms with Crippen LogP contribution in [0, 0.1) is 6.92 Å². The Morgan fingerprint density at radius 1 is 1.47 bits per heavy atom. The number of hydrogen-bond acceptors (Lipinski definition) is 2. The van der Waals surface area contributed by atoms with E-state index in [0.717, 1.165) is 36.3 Å². The number of ether oxygens (including phenoxy) is 2. The summed E-state index contributed by atoms with van der Waals surface area (Å²) in [5.41, 5.74) is 1.21. The van der Waals surface area contributed by atoms with Crippen LogP contribution in [-0.4, -0.2) is 19.3 Å². The van der Waals surface area contributed by atoms with Gasteiger partial charge < -0.3 is 9.47 Å².